The SMILES string of the molecule is Cc1nn(Cc2cccc(Cl)c2)c(C)c1NC(=O)c1cc(Cn2cc(Cl)cn2)cs1. The van der Waals surface area contributed by atoms with Crippen LogP contribution in [-0.2, 0) is 13.1 Å². The topological polar surface area (TPSA) is 64.7 Å². The van der Waals surface area contributed by atoms with Crippen molar-refractivity contribution in [2.24, 2.45) is 0 Å². The van der Waals surface area contributed by atoms with Crippen LogP contribution in [0.2, 0.25) is 10.0 Å². The average Bonchev–Trinajstić information content (AvgIpc) is 3.39. The minimum Gasteiger partial charge on any atom is -0.318 e. The Morgan fingerprint density at radius 2 is 1.97 bits per heavy atom. The molecule has 4 rings (SSSR count). The standard InChI is InChI=1S/C21H19Cl2N5OS/c1-13-20(14(2)28(26-13)10-15-4-3-5-17(22)6-15)25-21(29)19-7-16(12-30-19)9-27-11-18(23)8-24-27/h3-8,11-12H,9-10H2,1-2H3,(H,25,29). The lowest BCUT2D eigenvalue weighted by molar-refractivity contribution is 0.103. The summed E-state index contributed by atoms with van der Waals surface area (Å²) in [5.74, 6) is -0.154. The van der Waals surface area contributed by atoms with Crippen LogP contribution >= 0.6 is 34.5 Å². The molecule has 1 amide bonds. The Morgan fingerprint density at radius 1 is 1.13 bits per heavy atom. The van der Waals surface area contributed by atoms with Crippen LogP contribution in [0.1, 0.15) is 32.2 Å². The largest absolute Gasteiger partial charge is 0.318 e. The van der Waals surface area contributed by atoms with Gasteiger partial charge in [0.05, 0.1) is 46.3 Å². The molecule has 1 aromatic carbocycles. The Morgan fingerprint density at radius 3 is 2.70 bits per heavy atom. The van der Waals surface area contributed by atoms with E-state index in [1.165, 1.54) is 11.3 Å². The lowest BCUT2D eigenvalue weighted by Crippen LogP contribution is -2.12. The van der Waals surface area contributed by atoms with Crippen LogP contribution in [0.25, 0.3) is 0 Å². The summed E-state index contributed by atoms with van der Waals surface area (Å²) in [6, 6.07) is 9.54. The number of aryl methyl sites for hydroxylation is 1. The van der Waals surface area contributed by atoms with Crippen LogP contribution in [0.15, 0.2) is 48.1 Å². The van der Waals surface area contributed by atoms with Gasteiger partial charge in [0.15, 0.2) is 0 Å². The predicted octanol–water partition coefficient (Wildman–Crippen LogP) is 5.41. The van der Waals surface area contributed by atoms with Crippen molar-refractivity contribution in [2.45, 2.75) is 26.9 Å². The van der Waals surface area contributed by atoms with E-state index in [2.05, 4.69) is 15.5 Å². The maximum atomic E-state index is 12.8. The molecule has 0 aliphatic rings. The highest BCUT2D eigenvalue weighted by atomic mass is 35.5. The molecule has 0 fully saturated rings. The predicted molar refractivity (Wildman–Crippen MR) is 121 cm³/mol. The Balaban J connectivity index is 1.47. The van der Waals surface area contributed by atoms with E-state index in [-0.39, 0.29) is 5.91 Å². The highest BCUT2D eigenvalue weighted by molar-refractivity contribution is 7.12. The Hall–Kier alpha value is -2.61. The zero-order valence-corrected chi connectivity index (χ0v) is 18.7. The van der Waals surface area contributed by atoms with Crippen molar-refractivity contribution in [1.82, 2.24) is 19.6 Å². The molecule has 0 radical (unpaired) electrons. The van der Waals surface area contributed by atoms with E-state index in [9.17, 15) is 4.79 Å². The van der Waals surface area contributed by atoms with Crippen molar-refractivity contribution in [3.05, 3.63) is 85.5 Å². The number of hydrogen-bond donors (Lipinski definition) is 1. The Kier molecular flexibility index (Phi) is 5.94. The zero-order chi connectivity index (χ0) is 21.3. The van der Waals surface area contributed by atoms with Gasteiger partial charge < -0.3 is 5.32 Å². The molecule has 0 unspecified atom stereocenters. The minimum atomic E-state index is -0.154. The van der Waals surface area contributed by atoms with Crippen LogP contribution in [0, 0.1) is 13.8 Å². The number of hydrogen-bond acceptors (Lipinski definition) is 4. The minimum absolute atomic E-state index is 0.154. The number of benzene rings is 1. The van der Waals surface area contributed by atoms with Gasteiger partial charge in [0, 0.05) is 11.2 Å². The van der Waals surface area contributed by atoms with E-state index in [4.69, 9.17) is 23.2 Å². The average molecular weight is 460 g/mol. The third-order valence-electron chi connectivity index (χ3n) is 4.67. The van der Waals surface area contributed by atoms with E-state index in [0.717, 1.165) is 28.2 Å². The fraction of sp³-hybridized carbons (Fsp3) is 0.190. The number of rotatable bonds is 6. The molecular formula is C21H19Cl2N5OS. The second-order valence-electron chi connectivity index (χ2n) is 6.96. The van der Waals surface area contributed by atoms with Gasteiger partial charge >= 0.3 is 0 Å². The van der Waals surface area contributed by atoms with Gasteiger partial charge in [-0.3, -0.25) is 14.2 Å². The van der Waals surface area contributed by atoms with Crippen molar-refractivity contribution in [3.8, 4) is 0 Å². The fourth-order valence-electron chi connectivity index (χ4n) is 3.20. The molecule has 0 bridgehead atoms. The molecular weight excluding hydrogens is 441 g/mol. The molecule has 0 saturated carbocycles. The summed E-state index contributed by atoms with van der Waals surface area (Å²) in [5, 5.41) is 15.0. The van der Waals surface area contributed by atoms with E-state index >= 15 is 0 Å². The smallest absolute Gasteiger partial charge is 0.265 e. The number of halogens is 2. The number of carbonyl (C=O) groups is 1. The summed E-state index contributed by atoms with van der Waals surface area (Å²) >= 11 is 13.4. The molecule has 0 saturated heterocycles. The van der Waals surface area contributed by atoms with Crippen LogP contribution < -0.4 is 5.32 Å². The van der Waals surface area contributed by atoms with Crippen molar-refractivity contribution < 1.29 is 4.79 Å². The number of aromatic nitrogens is 4. The quantitative estimate of drug-likeness (QED) is 0.418. The number of carbonyl (C=O) groups excluding carboxylic acids is 1. The maximum absolute atomic E-state index is 12.8. The van der Waals surface area contributed by atoms with E-state index in [1.807, 2.05) is 54.2 Å². The van der Waals surface area contributed by atoms with Gasteiger partial charge in [-0.05, 0) is 48.6 Å². The van der Waals surface area contributed by atoms with Gasteiger partial charge in [0.2, 0.25) is 0 Å². The highest BCUT2D eigenvalue weighted by Crippen LogP contribution is 2.24. The molecule has 4 aromatic rings. The molecule has 3 heterocycles. The van der Waals surface area contributed by atoms with Gasteiger partial charge in [-0.2, -0.15) is 10.2 Å². The Labute approximate surface area is 188 Å². The first-order valence-corrected chi connectivity index (χ1v) is 10.9. The molecule has 0 spiro atoms. The fourth-order valence-corrected chi connectivity index (χ4v) is 4.37. The molecule has 9 heteroatoms. The van der Waals surface area contributed by atoms with Crippen LogP contribution in [0.5, 0.6) is 0 Å². The summed E-state index contributed by atoms with van der Waals surface area (Å²) in [4.78, 5) is 13.4. The lowest BCUT2D eigenvalue weighted by Gasteiger charge is -2.07. The van der Waals surface area contributed by atoms with Crippen molar-refractivity contribution in [1.29, 1.82) is 0 Å². The summed E-state index contributed by atoms with van der Waals surface area (Å²) in [6.07, 6.45) is 3.34. The molecule has 3 aromatic heterocycles. The second kappa shape index (κ2) is 8.63. The van der Waals surface area contributed by atoms with Gasteiger partial charge in [-0.25, -0.2) is 0 Å². The highest BCUT2D eigenvalue weighted by Gasteiger charge is 2.17. The number of amides is 1. The summed E-state index contributed by atoms with van der Waals surface area (Å²) in [5.41, 5.74) is 4.44. The second-order valence-corrected chi connectivity index (χ2v) is 8.75. The summed E-state index contributed by atoms with van der Waals surface area (Å²) in [6.45, 7) is 4.98. The van der Waals surface area contributed by atoms with E-state index in [0.29, 0.717) is 28.0 Å². The van der Waals surface area contributed by atoms with Crippen LogP contribution in [0.4, 0.5) is 5.69 Å². The van der Waals surface area contributed by atoms with Gasteiger partial charge in [-0.1, -0.05) is 35.3 Å². The number of nitrogens with zero attached hydrogens (tertiary/aromatic N) is 4. The lowest BCUT2D eigenvalue weighted by atomic mass is 10.2. The number of thiophene rings is 1. The number of anilines is 1. The third kappa shape index (κ3) is 4.59. The molecule has 0 atom stereocenters. The number of nitrogens with one attached hydrogen (secondary N) is 1. The molecule has 30 heavy (non-hydrogen) atoms. The summed E-state index contributed by atoms with van der Waals surface area (Å²) < 4.78 is 3.61. The van der Waals surface area contributed by atoms with Crippen LogP contribution in [0.3, 0.4) is 0 Å². The van der Waals surface area contributed by atoms with Gasteiger partial charge in [0.25, 0.3) is 5.91 Å². The first-order valence-electron chi connectivity index (χ1n) is 9.24. The maximum Gasteiger partial charge on any atom is 0.265 e. The molecule has 0 aliphatic heterocycles. The summed E-state index contributed by atoms with van der Waals surface area (Å²) in [7, 11) is 0. The Bertz CT molecular complexity index is 1210. The van der Waals surface area contributed by atoms with Crippen LogP contribution in [-0.4, -0.2) is 25.5 Å². The van der Waals surface area contributed by atoms with E-state index in [1.54, 1.807) is 17.1 Å². The third-order valence-corrected chi connectivity index (χ3v) is 6.07. The molecule has 154 valence electrons. The first kappa shape index (κ1) is 20.7. The zero-order valence-electron chi connectivity index (χ0n) is 16.4. The van der Waals surface area contributed by atoms with Gasteiger partial charge in [-0.15, -0.1) is 11.3 Å². The van der Waals surface area contributed by atoms with Crippen molar-refractivity contribution in [3.63, 3.8) is 0 Å². The van der Waals surface area contributed by atoms with Crippen molar-refractivity contribution in [2.75, 3.05) is 5.32 Å². The monoisotopic (exact) mass is 459 g/mol. The molecule has 0 aliphatic carbocycles. The normalized spacial score (nSPS) is 11.1. The van der Waals surface area contributed by atoms with Gasteiger partial charge in [0.1, 0.15) is 0 Å². The molecule has 1 N–H and O–H groups in total. The van der Waals surface area contributed by atoms with Crippen molar-refractivity contribution >= 4 is 46.1 Å². The first-order chi connectivity index (χ1) is 14.4. The molecule has 6 nitrogen and oxygen atoms in total. The van der Waals surface area contributed by atoms with E-state index < -0.39 is 0 Å².